The molecule has 3 heteroatoms. The zero-order chi connectivity index (χ0) is 6.53. The van der Waals surface area contributed by atoms with Gasteiger partial charge in [0.1, 0.15) is 0 Å². The average Bonchev–Trinajstić information content (AvgIpc) is 2.13. The van der Waals surface area contributed by atoms with Crippen molar-refractivity contribution in [1.82, 2.24) is 0 Å². The molecule has 9 heavy (non-hydrogen) atoms. The molecule has 0 amide bonds. The van der Waals surface area contributed by atoms with Gasteiger partial charge in [0.25, 0.3) is 0 Å². The summed E-state index contributed by atoms with van der Waals surface area (Å²) in [6, 6.07) is 0. The van der Waals surface area contributed by atoms with E-state index in [1.165, 1.54) is 24.3 Å². The molecule has 0 aromatic carbocycles. The second-order valence-electron chi connectivity index (χ2n) is 2.03. The smallest absolute Gasteiger partial charge is 0.0599 e. The number of thioether (sulfide) groups is 2. The highest BCUT2D eigenvalue weighted by atomic mass is 79.9. The van der Waals surface area contributed by atoms with E-state index in [4.69, 9.17) is 0 Å². The third-order valence-corrected chi connectivity index (χ3v) is 5.72. The van der Waals surface area contributed by atoms with E-state index in [1.54, 1.807) is 0 Å². The van der Waals surface area contributed by atoms with Crippen LogP contribution < -0.4 is 0 Å². The van der Waals surface area contributed by atoms with Gasteiger partial charge in [-0.15, -0.1) is 23.5 Å². The maximum atomic E-state index is 3.50. The Kier molecular flexibility index (Phi) is 4.52. The summed E-state index contributed by atoms with van der Waals surface area (Å²) in [5.41, 5.74) is 0. The van der Waals surface area contributed by atoms with E-state index in [-0.39, 0.29) is 0 Å². The fourth-order valence-corrected chi connectivity index (χ4v) is 4.30. The van der Waals surface area contributed by atoms with E-state index in [0.717, 1.165) is 9.91 Å². The molecule has 0 saturated carbocycles. The van der Waals surface area contributed by atoms with Crippen molar-refractivity contribution < 1.29 is 0 Å². The molecule has 0 aromatic heterocycles. The molecule has 54 valence electrons. The predicted octanol–water partition coefficient (Wildman–Crippen LogP) is 2.97. The number of hydrogen-bond donors (Lipinski definition) is 0. The molecule has 1 rings (SSSR count). The molecular weight excluding hydrogens is 216 g/mol. The van der Waals surface area contributed by atoms with Crippen LogP contribution in [0.3, 0.4) is 0 Å². The molecule has 0 bridgehead atoms. The minimum atomic E-state index is 0.826. The second kappa shape index (κ2) is 4.91. The van der Waals surface area contributed by atoms with Crippen molar-refractivity contribution >= 4 is 39.5 Å². The molecule has 0 aliphatic carbocycles. The third kappa shape index (κ3) is 3.19. The quantitative estimate of drug-likeness (QED) is 0.631. The molecule has 0 unspecified atom stereocenters. The van der Waals surface area contributed by atoms with Gasteiger partial charge < -0.3 is 0 Å². The van der Waals surface area contributed by atoms with Crippen molar-refractivity contribution in [3.63, 3.8) is 0 Å². The van der Waals surface area contributed by atoms with Gasteiger partial charge in [-0.1, -0.05) is 15.9 Å². The largest absolute Gasteiger partial charge is 0.147 e. The van der Waals surface area contributed by atoms with Crippen LogP contribution in [0.2, 0.25) is 0 Å². The minimum Gasteiger partial charge on any atom is -0.147 e. The van der Waals surface area contributed by atoms with Crippen LogP contribution in [0.15, 0.2) is 0 Å². The minimum absolute atomic E-state index is 0.826. The third-order valence-electron chi connectivity index (χ3n) is 1.27. The van der Waals surface area contributed by atoms with Crippen LogP contribution in [0.1, 0.15) is 12.8 Å². The molecule has 1 aliphatic rings. The Labute approximate surface area is 73.7 Å². The Morgan fingerprint density at radius 1 is 1.22 bits per heavy atom. The van der Waals surface area contributed by atoms with Gasteiger partial charge in [0.2, 0.25) is 0 Å². The van der Waals surface area contributed by atoms with Gasteiger partial charge in [-0.05, 0) is 24.3 Å². The van der Waals surface area contributed by atoms with Crippen molar-refractivity contribution in [3.8, 4) is 0 Å². The Morgan fingerprint density at radius 2 is 1.78 bits per heavy atom. The van der Waals surface area contributed by atoms with E-state index in [2.05, 4.69) is 39.5 Å². The van der Waals surface area contributed by atoms with Crippen molar-refractivity contribution in [1.29, 1.82) is 0 Å². The molecule has 0 aromatic rings. The van der Waals surface area contributed by atoms with Gasteiger partial charge in [0.15, 0.2) is 0 Å². The van der Waals surface area contributed by atoms with E-state index >= 15 is 0 Å². The first kappa shape index (κ1) is 8.28. The molecule has 1 aliphatic heterocycles. The van der Waals surface area contributed by atoms with Crippen LogP contribution in [0.5, 0.6) is 0 Å². The summed E-state index contributed by atoms with van der Waals surface area (Å²) in [6.45, 7) is 0. The first-order chi connectivity index (χ1) is 4.43. The SMILES string of the molecule is BrCC1SCCCCS1. The van der Waals surface area contributed by atoms with Gasteiger partial charge in [-0.25, -0.2) is 0 Å². The highest BCUT2D eigenvalue weighted by Crippen LogP contribution is 2.30. The lowest BCUT2D eigenvalue weighted by molar-refractivity contribution is 0.912. The lowest BCUT2D eigenvalue weighted by Crippen LogP contribution is -1.96. The topological polar surface area (TPSA) is 0 Å². The van der Waals surface area contributed by atoms with Crippen LogP contribution in [-0.4, -0.2) is 21.4 Å². The first-order valence-electron chi connectivity index (χ1n) is 3.22. The molecule has 0 atom stereocenters. The van der Waals surface area contributed by atoms with Gasteiger partial charge in [-0.3, -0.25) is 0 Å². The average molecular weight is 227 g/mol. The maximum Gasteiger partial charge on any atom is 0.0599 e. The predicted molar refractivity (Wildman–Crippen MR) is 51.7 cm³/mol. The summed E-state index contributed by atoms with van der Waals surface area (Å²) < 4.78 is 0.826. The fraction of sp³-hybridized carbons (Fsp3) is 1.00. The summed E-state index contributed by atoms with van der Waals surface area (Å²) in [4.78, 5) is 0. The van der Waals surface area contributed by atoms with Crippen molar-refractivity contribution in [3.05, 3.63) is 0 Å². The fourth-order valence-electron chi connectivity index (χ4n) is 0.771. The normalized spacial score (nSPS) is 23.7. The lowest BCUT2D eigenvalue weighted by atomic mass is 10.4. The standard InChI is InChI=1S/C6H11BrS2/c7-5-6-8-3-1-2-4-9-6/h6H,1-5H2. The Bertz CT molecular complexity index is 69.5. The highest BCUT2D eigenvalue weighted by molar-refractivity contribution is 9.09. The van der Waals surface area contributed by atoms with E-state index in [0.29, 0.717) is 0 Å². The molecule has 0 N–H and O–H groups in total. The summed E-state index contributed by atoms with van der Waals surface area (Å²) in [5, 5.41) is 1.16. The Balaban J connectivity index is 2.18. The van der Waals surface area contributed by atoms with Gasteiger partial charge in [0, 0.05) is 5.33 Å². The second-order valence-corrected chi connectivity index (χ2v) is 5.60. The van der Waals surface area contributed by atoms with Crippen molar-refractivity contribution in [2.24, 2.45) is 0 Å². The summed E-state index contributed by atoms with van der Waals surface area (Å²) in [6.07, 6.45) is 2.84. The molecule has 1 saturated heterocycles. The van der Waals surface area contributed by atoms with Crippen LogP contribution in [0, 0.1) is 0 Å². The molecule has 0 spiro atoms. The zero-order valence-electron chi connectivity index (χ0n) is 5.31. The summed E-state index contributed by atoms with van der Waals surface area (Å²) in [7, 11) is 0. The monoisotopic (exact) mass is 226 g/mol. The van der Waals surface area contributed by atoms with Gasteiger partial charge >= 0.3 is 0 Å². The van der Waals surface area contributed by atoms with E-state index in [9.17, 15) is 0 Å². The molecular formula is C6H11BrS2. The van der Waals surface area contributed by atoms with E-state index in [1.807, 2.05) is 0 Å². The number of rotatable bonds is 1. The molecule has 0 radical (unpaired) electrons. The molecule has 0 nitrogen and oxygen atoms in total. The Morgan fingerprint density at radius 3 is 2.22 bits per heavy atom. The van der Waals surface area contributed by atoms with Crippen LogP contribution >= 0.6 is 39.5 Å². The lowest BCUT2D eigenvalue weighted by Gasteiger charge is -2.06. The van der Waals surface area contributed by atoms with Crippen LogP contribution in [0.25, 0.3) is 0 Å². The van der Waals surface area contributed by atoms with E-state index < -0.39 is 0 Å². The number of hydrogen-bond acceptors (Lipinski definition) is 2. The molecule has 1 heterocycles. The van der Waals surface area contributed by atoms with Crippen molar-refractivity contribution in [2.75, 3.05) is 16.8 Å². The summed E-state index contributed by atoms with van der Waals surface area (Å²) in [5.74, 6) is 2.73. The number of alkyl halides is 1. The maximum absolute atomic E-state index is 3.50. The van der Waals surface area contributed by atoms with Crippen LogP contribution in [0.4, 0.5) is 0 Å². The first-order valence-corrected chi connectivity index (χ1v) is 6.44. The number of halogens is 1. The van der Waals surface area contributed by atoms with Gasteiger partial charge in [0.05, 0.1) is 4.58 Å². The molecule has 1 fully saturated rings. The zero-order valence-corrected chi connectivity index (χ0v) is 8.53. The van der Waals surface area contributed by atoms with Crippen LogP contribution in [-0.2, 0) is 0 Å². The highest BCUT2D eigenvalue weighted by Gasteiger charge is 2.10. The Hall–Kier alpha value is 1.18. The summed E-state index contributed by atoms with van der Waals surface area (Å²) >= 11 is 7.70. The van der Waals surface area contributed by atoms with Crippen molar-refractivity contribution in [2.45, 2.75) is 17.4 Å². The van der Waals surface area contributed by atoms with Gasteiger partial charge in [-0.2, -0.15) is 0 Å².